The van der Waals surface area contributed by atoms with Crippen molar-refractivity contribution in [2.75, 3.05) is 24.5 Å². The SMILES string of the molecule is CC(C)c1ccc(COc2ccc3c(c2)CCN3C(=O)CN(CCC(=O)O)C(=O)OC(C)(C)C)cc1OC(F)F. The molecule has 218 valence electrons. The van der Waals surface area contributed by atoms with E-state index in [2.05, 4.69) is 0 Å². The summed E-state index contributed by atoms with van der Waals surface area (Å²) in [6.07, 6.45) is -0.511. The van der Waals surface area contributed by atoms with Gasteiger partial charge in [0.1, 0.15) is 30.3 Å². The summed E-state index contributed by atoms with van der Waals surface area (Å²) in [6, 6.07) is 10.4. The molecule has 1 aliphatic rings. The molecule has 3 rings (SSSR count). The Hall–Kier alpha value is -3.89. The first-order valence-corrected chi connectivity index (χ1v) is 13.1. The fourth-order valence-electron chi connectivity index (χ4n) is 4.28. The van der Waals surface area contributed by atoms with Crippen LogP contribution >= 0.6 is 0 Å². The Morgan fingerprint density at radius 1 is 1.10 bits per heavy atom. The van der Waals surface area contributed by atoms with Crippen LogP contribution in [-0.2, 0) is 27.4 Å². The third kappa shape index (κ3) is 8.56. The van der Waals surface area contributed by atoms with Crippen molar-refractivity contribution in [3.63, 3.8) is 0 Å². The first-order chi connectivity index (χ1) is 18.7. The molecular weight excluding hydrogens is 526 g/mol. The van der Waals surface area contributed by atoms with Gasteiger partial charge in [-0.15, -0.1) is 0 Å². The topological polar surface area (TPSA) is 106 Å². The van der Waals surface area contributed by atoms with Gasteiger partial charge >= 0.3 is 18.7 Å². The van der Waals surface area contributed by atoms with Crippen LogP contribution in [0.3, 0.4) is 0 Å². The number of aliphatic carboxylic acids is 1. The van der Waals surface area contributed by atoms with Gasteiger partial charge in [-0.05, 0) is 74.1 Å². The van der Waals surface area contributed by atoms with Gasteiger partial charge in [0.15, 0.2) is 0 Å². The number of carboxylic acids is 1. The predicted molar refractivity (Wildman–Crippen MR) is 144 cm³/mol. The van der Waals surface area contributed by atoms with Crippen LogP contribution in [-0.4, -0.2) is 59.8 Å². The van der Waals surface area contributed by atoms with E-state index in [9.17, 15) is 23.2 Å². The van der Waals surface area contributed by atoms with Gasteiger partial charge in [-0.2, -0.15) is 8.78 Å². The standard InChI is InChI=1S/C29H36F2N2O7/c1-18(2)22-8-6-19(14-24(22)39-27(30)31)17-38-21-7-9-23-20(15-21)10-13-33(23)25(34)16-32(12-11-26(35)36)28(37)40-29(3,4)5/h6-9,14-15,18,27H,10-13,16-17H2,1-5H3,(H,35,36). The highest BCUT2D eigenvalue weighted by Crippen LogP contribution is 2.33. The lowest BCUT2D eigenvalue weighted by molar-refractivity contribution is -0.137. The van der Waals surface area contributed by atoms with E-state index in [-0.39, 0.29) is 43.7 Å². The number of hydrogen-bond donors (Lipinski definition) is 1. The molecule has 0 radical (unpaired) electrons. The van der Waals surface area contributed by atoms with Gasteiger partial charge in [0.25, 0.3) is 0 Å². The molecule has 0 bridgehead atoms. The summed E-state index contributed by atoms with van der Waals surface area (Å²) < 4.78 is 41.7. The summed E-state index contributed by atoms with van der Waals surface area (Å²) in [5.74, 6) is -0.763. The molecule has 9 nitrogen and oxygen atoms in total. The van der Waals surface area contributed by atoms with E-state index in [1.165, 1.54) is 0 Å². The number of carbonyl (C=O) groups excluding carboxylic acids is 2. The van der Waals surface area contributed by atoms with Gasteiger partial charge < -0.3 is 24.2 Å². The molecule has 0 saturated carbocycles. The highest BCUT2D eigenvalue weighted by Gasteiger charge is 2.30. The van der Waals surface area contributed by atoms with Gasteiger partial charge in [-0.25, -0.2) is 4.79 Å². The molecule has 1 N–H and O–H groups in total. The van der Waals surface area contributed by atoms with E-state index in [1.807, 2.05) is 26.0 Å². The van der Waals surface area contributed by atoms with Crippen LogP contribution in [0.4, 0.5) is 19.3 Å². The van der Waals surface area contributed by atoms with E-state index in [0.717, 1.165) is 10.5 Å². The third-order valence-electron chi connectivity index (χ3n) is 6.14. The Balaban J connectivity index is 1.68. The van der Waals surface area contributed by atoms with Crippen LogP contribution in [0, 0.1) is 0 Å². The Kier molecular flexibility index (Phi) is 9.94. The Labute approximate surface area is 232 Å². The summed E-state index contributed by atoms with van der Waals surface area (Å²) in [5.41, 5.74) is 2.10. The number of halogens is 2. The zero-order chi connectivity index (χ0) is 29.6. The first-order valence-electron chi connectivity index (χ1n) is 13.1. The van der Waals surface area contributed by atoms with Gasteiger partial charge in [-0.3, -0.25) is 14.5 Å². The minimum atomic E-state index is -2.93. The maximum absolute atomic E-state index is 13.1. The molecule has 0 aliphatic carbocycles. The first kappa shape index (κ1) is 30.6. The summed E-state index contributed by atoms with van der Waals surface area (Å²) in [4.78, 5) is 39.5. The number of benzene rings is 2. The minimum Gasteiger partial charge on any atom is -0.489 e. The molecule has 0 atom stereocenters. The summed E-state index contributed by atoms with van der Waals surface area (Å²) in [6.45, 7) is 5.98. The molecule has 0 saturated heterocycles. The number of anilines is 1. The van der Waals surface area contributed by atoms with Gasteiger partial charge in [0, 0.05) is 18.8 Å². The number of nitrogens with zero attached hydrogens (tertiary/aromatic N) is 2. The lowest BCUT2D eigenvalue weighted by Gasteiger charge is -2.28. The Bertz CT molecular complexity index is 1230. The zero-order valence-corrected chi connectivity index (χ0v) is 23.4. The number of amides is 2. The predicted octanol–water partition coefficient (Wildman–Crippen LogP) is 5.59. The molecule has 0 aromatic heterocycles. The number of alkyl halides is 2. The van der Waals surface area contributed by atoms with Crippen LogP contribution in [0.2, 0.25) is 0 Å². The highest BCUT2D eigenvalue weighted by molar-refractivity contribution is 5.98. The second-order valence-corrected chi connectivity index (χ2v) is 10.8. The number of ether oxygens (including phenoxy) is 3. The molecule has 0 unspecified atom stereocenters. The zero-order valence-electron chi connectivity index (χ0n) is 23.4. The van der Waals surface area contributed by atoms with Gasteiger partial charge in [0.05, 0.1) is 6.42 Å². The quantitative estimate of drug-likeness (QED) is 0.381. The van der Waals surface area contributed by atoms with E-state index >= 15 is 0 Å². The van der Waals surface area contributed by atoms with E-state index in [0.29, 0.717) is 35.5 Å². The van der Waals surface area contributed by atoms with Crippen molar-refractivity contribution >= 4 is 23.7 Å². The number of carbonyl (C=O) groups is 3. The maximum atomic E-state index is 13.1. The fraction of sp³-hybridized carbons (Fsp3) is 0.483. The molecule has 0 fully saturated rings. The number of carboxylic acid groups (broad SMARTS) is 1. The molecule has 1 heterocycles. The van der Waals surface area contributed by atoms with E-state index in [1.54, 1.807) is 49.9 Å². The molecule has 2 aromatic rings. The second-order valence-electron chi connectivity index (χ2n) is 10.8. The number of fused-ring (bicyclic) bond motifs is 1. The average molecular weight is 563 g/mol. The van der Waals surface area contributed by atoms with Crippen LogP contribution in [0.5, 0.6) is 11.5 Å². The average Bonchev–Trinajstić information content (AvgIpc) is 3.27. The Morgan fingerprint density at radius 3 is 2.45 bits per heavy atom. The molecule has 40 heavy (non-hydrogen) atoms. The van der Waals surface area contributed by atoms with Crippen molar-refractivity contribution in [1.29, 1.82) is 0 Å². The van der Waals surface area contributed by atoms with Gasteiger partial charge in [0.2, 0.25) is 5.91 Å². The smallest absolute Gasteiger partial charge is 0.410 e. The number of rotatable bonds is 11. The van der Waals surface area contributed by atoms with Crippen molar-refractivity contribution in [3.8, 4) is 11.5 Å². The van der Waals surface area contributed by atoms with Crippen molar-refractivity contribution in [3.05, 3.63) is 53.1 Å². The number of hydrogen-bond acceptors (Lipinski definition) is 6. The van der Waals surface area contributed by atoms with Crippen LogP contribution in [0.15, 0.2) is 36.4 Å². The van der Waals surface area contributed by atoms with Crippen LogP contribution in [0.1, 0.15) is 63.6 Å². The normalized spacial score (nSPS) is 12.9. The van der Waals surface area contributed by atoms with Crippen molar-refractivity contribution in [2.45, 2.75) is 72.2 Å². The molecule has 0 spiro atoms. The molecule has 11 heteroatoms. The molecule has 2 amide bonds. The maximum Gasteiger partial charge on any atom is 0.410 e. The largest absolute Gasteiger partial charge is 0.489 e. The monoisotopic (exact) mass is 562 g/mol. The minimum absolute atomic E-state index is 0.0134. The van der Waals surface area contributed by atoms with E-state index in [4.69, 9.17) is 19.3 Å². The second kappa shape index (κ2) is 13.0. The molecule has 1 aliphatic heterocycles. The van der Waals surface area contributed by atoms with E-state index < -0.39 is 24.3 Å². The van der Waals surface area contributed by atoms with Crippen LogP contribution < -0.4 is 14.4 Å². The fourth-order valence-corrected chi connectivity index (χ4v) is 4.28. The summed E-state index contributed by atoms with van der Waals surface area (Å²) >= 11 is 0. The van der Waals surface area contributed by atoms with Gasteiger partial charge in [-0.1, -0.05) is 26.0 Å². The Morgan fingerprint density at radius 2 is 1.82 bits per heavy atom. The molecular formula is C29H36F2N2O7. The summed E-state index contributed by atoms with van der Waals surface area (Å²) in [7, 11) is 0. The third-order valence-corrected chi connectivity index (χ3v) is 6.14. The molecule has 2 aromatic carbocycles. The van der Waals surface area contributed by atoms with Crippen LogP contribution in [0.25, 0.3) is 0 Å². The van der Waals surface area contributed by atoms with Crippen molar-refractivity contribution < 1.29 is 42.5 Å². The lowest BCUT2D eigenvalue weighted by atomic mass is 10.0. The summed E-state index contributed by atoms with van der Waals surface area (Å²) in [5, 5.41) is 9.05. The van der Waals surface area contributed by atoms with Crippen molar-refractivity contribution in [2.24, 2.45) is 0 Å². The van der Waals surface area contributed by atoms with Crippen molar-refractivity contribution in [1.82, 2.24) is 4.90 Å². The lowest BCUT2D eigenvalue weighted by Crippen LogP contribution is -2.45. The highest BCUT2D eigenvalue weighted by atomic mass is 19.3.